The van der Waals surface area contributed by atoms with Crippen molar-refractivity contribution < 1.29 is 0 Å². The molecule has 0 rings (SSSR count). The van der Waals surface area contributed by atoms with Gasteiger partial charge in [0.05, 0.1) is 6.07 Å². The third-order valence-corrected chi connectivity index (χ3v) is 2.68. The molecule has 1 nitrogen and oxygen atoms in total. The second kappa shape index (κ2) is 10.6. The SMILES string of the molecule is [CH2]CCC(C)CCCCCCCC#N. The number of rotatable bonds is 9. The second-order valence-corrected chi connectivity index (χ2v) is 4.21. The van der Waals surface area contributed by atoms with Crippen LogP contribution in [0.5, 0.6) is 0 Å². The molecule has 1 radical (unpaired) electrons. The molecular formula is C13H24N. The van der Waals surface area contributed by atoms with Crippen LogP contribution in [0.15, 0.2) is 0 Å². The van der Waals surface area contributed by atoms with Gasteiger partial charge in [-0.3, -0.25) is 0 Å². The van der Waals surface area contributed by atoms with Crippen molar-refractivity contribution in [2.24, 2.45) is 5.92 Å². The topological polar surface area (TPSA) is 23.8 Å². The first kappa shape index (κ1) is 13.5. The number of unbranched alkanes of at least 4 members (excludes halogenated alkanes) is 5. The van der Waals surface area contributed by atoms with Crippen LogP contribution in [-0.4, -0.2) is 0 Å². The summed E-state index contributed by atoms with van der Waals surface area (Å²) in [5.74, 6) is 0.853. The van der Waals surface area contributed by atoms with Crippen LogP contribution in [-0.2, 0) is 0 Å². The summed E-state index contributed by atoms with van der Waals surface area (Å²) in [5, 5.41) is 8.34. The standard InChI is InChI=1S/C13H24N/c1-3-10-13(2)11-8-6-4-5-7-9-12-14/h13H,1,3-11H2,2H3. The van der Waals surface area contributed by atoms with Gasteiger partial charge in [-0.1, -0.05) is 58.8 Å². The van der Waals surface area contributed by atoms with Gasteiger partial charge in [-0.2, -0.15) is 5.26 Å². The van der Waals surface area contributed by atoms with E-state index in [1.807, 2.05) is 0 Å². The monoisotopic (exact) mass is 194 g/mol. The molecule has 0 amide bonds. The highest BCUT2D eigenvalue weighted by molar-refractivity contribution is 4.67. The molecule has 0 saturated heterocycles. The molecule has 0 aliphatic heterocycles. The molecule has 0 aromatic rings. The van der Waals surface area contributed by atoms with Gasteiger partial charge >= 0.3 is 0 Å². The summed E-state index contributed by atoms with van der Waals surface area (Å²) >= 11 is 0. The van der Waals surface area contributed by atoms with Crippen molar-refractivity contribution in [1.82, 2.24) is 0 Å². The Labute approximate surface area is 89.5 Å². The molecule has 0 aliphatic rings. The largest absolute Gasteiger partial charge is 0.198 e. The molecule has 0 bridgehead atoms. The van der Waals surface area contributed by atoms with Gasteiger partial charge in [0.2, 0.25) is 0 Å². The first-order chi connectivity index (χ1) is 6.81. The number of nitriles is 1. The van der Waals surface area contributed by atoms with E-state index < -0.39 is 0 Å². The summed E-state index contributed by atoms with van der Waals surface area (Å²) in [7, 11) is 0. The molecule has 0 heterocycles. The van der Waals surface area contributed by atoms with Crippen molar-refractivity contribution >= 4 is 0 Å². The highest BCUT2D eigenvalue weighted by Gasteiger charge is 1.99. The van der Waals surface area contributed by atoms with Crippen LogP contribution in [0.3, 0.4) is 0 Å². The van der Waals surface area contributed by atoms with E-state index in [4.69, 9.17) is 5.26 Å². The van der Waals surface area contributed by atoms with Crippen molar-refractivity contribution in [3.05, 3.63) is 6.92 Å². The van der Waals surface area contributed by atoms with Gasteiger partial charge in [0.25, 0.3) is 0 Å². The highest BCUT2D eigenvalue weighted by Crippen LogP contribution is 2.15. The molecule has 0 aliphatic carbocycles. The maximum atomic E-state index is 8.34. The summed E-state index contributed by atoms with van der Waals surface area (Å²) in [6.07, 6.45) is 10.8. The predicted molar refractivity (Wildman–Crippen MR) is 61.7 cm³/mol. The minimum Gasteiger partial charge on any atom is -0.198 e. The fourth-order valence-electron chi connectivity index (χ4n) is 1.72. The number of nitrogens with zero attached hydrogens (tertiary/aromatic N) is 1. The molecule has 1 atom stereocenters. The summed E-state index contributed by atoms with van der Waals surface area (Å²) in [6, 6.07) is 2.19. The maximum absolute atomic E-state index is 8.34. The Bertz CT molecular complexity index is 146. The van der Waals surface area contributed by atoms with Crippen LogP contribution in [0, 0.1) is 24.2 Å². The Morgan fingerprint density at radius 1 is 1.07 bits per heavy atom. The van der Waals surface area contributed by atoms with E-state index in [-0.39, 0.29) is 0 Å². The lowest BCUT2D eigenvalue weighted by atomic mass is 9.98. The third kappa shape index (κ3) is 9.58. The average molecular weight is 194 g/mol. The van der Waals surface area contributed by atoms with E-state index in [9.17, 15) is 0 Å². The first-order valence-corrected chi connectivity index (χ1v) is 5.97. The molecule has 1 heteroatoms. The Morgan fingerprint density at radius 3 is 2.36 bits per heavy atom. The molecule has 1 unspecified atom stereocenters. The van der Waals surface area contributed by atoms with E-state index in [1.54, 1.807) is 0 Å². The van der Waals surface area contributed by atoms with Crippen LogP contribution in [0.25, 0.3) is 0 Å². The van der Waals surface area contributed by atoms with Crippen LogP contribution in [0.4, 0.5) is 0 Å². The highest BCUT2D eigenvalue weighted by atomic mass is 14.2. The smallest absolute Gasteiger partial charge is 0.0621 e. The van der Waals surface area contributed by atoms with Gasteiger partial charge in [0.15, 0.2) is 0 Å². The fourth-order valence-corrected chi connectivity index (χ4v) is 1.72. The maximum Gasteiger partial charge on any atom is 0.0621 e. The lowest BCUT2D eigenvalue weighted by Gasteiger charge is -2.08. The van der Waals surface area contributed by atoms with Crippen LogP contribution in [0.1, 0.15) is 64.7 Å². The molecule has 14 heavy (non-hydrogen) atoms. The lowest BCUT2D eigenvalue weighted by Crippen LogP contribution is -1.93. The van der Waals surface area contributed by atoms with E-state index in [0.717, 1.165) is 25.2 Å². The Morgan fingerprint density at radius 2 is 1.71 bits per heavy atom. The molecule has 0 aromatic carbocycles. The predicted octanol–water partition coefficient (Wildman–Crippen LogP) is 4.49. The Balaban J connectivity index is 3.02. The first-order valence-electron chi connectivity index (χ1n) is 5.97. The van der Waals surface area contributed by atoms with Crippen molar-refractivity contribution in [3.63, 3.8) is 0 Å². The molecular weight excluding hydrogens is 170 g/mol. The van der Waals surface area contributed by atoms with Gasteiger partial charge in [0, 0.05) is 6.42 Å². The molecule has 0 saturated carbocycles. The molecule has 0 aromatic heterocycles. The van der Waals surface area contributed by atoms with Crippen LogP contribution < -0.4 is 0 Å². The van der Waals surface area contributed by atoms with Crippen LogP contribution in [0.2, 0.25) is 0 Å². The Kier molecular flexibility index (Phi) is 10.2. The van der Waals surface area contributed by atoms with Crippen LogP contribution >= 0.6 is 0 Å². The normalized spacial score (nSPS) is 12.4. The number of hydrogen-bond acceptors (Lipinski definition) is 1. The average Bonchev–Trinajstić information content (AvgIpc) is 2.17. The quantitative estimate of drug-likeness (QED) is 0.496. The minimum atomic E-state index is 0.734. The van der Waals surface area contributed by atoms with E-state index in [1.165, 1.54) is 38.5 Å². The van der Waals surface area contributed by atoms with Gasteiger partial charge in [-0.15, -0.1) is 0 Å². The zero-order chi connectivity index (χ0) is 10.6. The van der Waals surface area contributed by atoms with E-state index in [2.05, 4.69) is 19.9 Å². The number of hydrogen-bond donors (Lipinski definition) is 0. The summed E-state index contributed by atoms with van der Waals surface area (Å²) in [4.78, 5) is 0. The van der Waals surface area contributed by atoms with Gasteiger partial charge in [-0.05, 0) is 12.3 Å². The zero-order valence-electron chi connectivity index (χ0n) is 9.60. The molecule has 0 N–H and O–H groups in total. The summed E-state index contributed by atoms with van der Waals surface area (Å²) in [6.45, 7) is 6.19. The molecule has 81 valence electrons. The van der Waals surface area contributed by atoms with Gasteiger partial charge < -0.3 is 0 Å². The van der Waals surface area contributed by atoms with E-state index in [0.29, 0.717) is 0 Å². The van der Waals surface area contributed by atoms with Crippen molar-refractivity contribution in [1.29, 1.82) is 5.26 Å². The fraction of sp³-hybridized carbons (Fsp3) is 0.846. The summed E-state index contributed by atoms with van der Waals surface area (Å²) in [5.41, 5.74) is 0. The second-order valence-electron chi connectivity index (χ2n) is 4.21. The Hall–Kier alpha value is -0.510. The zero-order valence-corrected chi connectivity index (χ0v) is 9.60. The minimum absolute atomic E-state index is 0.734. The van der Waals surface area contributed by atoms with Gasteiger partial charge in [-0.25, -0.2) is 0 Å². The van der Waals surface area contributed by atoms with Crippen molar-refractivity contribution in [3.8, 4) is 6.07 Å². The summed E-state index contributed by atoms with van der Waals surface area (Å²) < 4.78 is 0. The van der Waals surface area contributed by atoms with E-state index >= 15 is 0 Å². The van der Waals surface area contributed by atoms with Gasteiger partial charge in [0.1, 0.15) is 0 Å². The molecule has 0 fully saturated rings. The molecule has 0 spiro atoms. The van der Waals surface area contributed by atoms with Crippen molar-refractivity contribution in [2.45, 2.75) is 64.7 Å². The third-order valence-electron chi connectivity index (χ3n) is 2.68. The van der Waals surface area contributed by atoms with Crippen molar-refractivity contribution in [2.75, 3.05) is 0 Å². The lowest BCUT2D eigenvalue weighted by molar-refractivity contribution is 0.459.